The molecule has 0 bridgehead atoms. The maximum absolute atomic E-state index is 12.9. The molecule has 2 fully saturated rings. The fraction of sp³-hybridized carbons (Fsp3) is 0.579. The van der Waals surface area contributed by atoms with Crippen LogP contribution in [0.4, 0.5) is 0 Å². The summed E-state index contributed by atoms with van der Waals surface area (Å²) in [5, 5.41) is 2.90. The first-order chi connectivity index (χ1) is 13.3. The van der Waals surface area contributed by atoms with Gasteiger partial charge < -0.3 is 10.2 Å². The van der Waals surface area contributed by atoms with Crippen LogP contribution >= 0.6 is 15.9 Å². The fourth-order valence-electron chi connectivity index (χ4n) is 3.91. The highest BCUT2D eigenvalue weighted by Gasteiger charge is 2.36. The normalized spacial score (nSPS) is 22.1. The number of carbonyl (C=O) groups excluding carboxylic acids is 2. The van der Waals surface area contributed by atoms with E-state index in [1.165, 1.54) is 11.2 Å². The van der Waals surface area contributed by atoms with Crippen molar-refractivity contribution >= 4 is 37.8 Å². The van der Waals surface area contributed by atoms with Gasteiger partial charge in [-0.2, -0.15) is 4.31 Å². The average Bonchev–Trinajstić information content (AvgIpc) is 2.68. The van der Waals surface area contributed by atoms with Gasteiger partial charge in [0, 0.05) is 43.6 Å². The molecule has 28 heavy (non-hydrogen) atoms. The SMILES string of the molecule is CC(=O)NC1CCN(C(=O)C2CCCN(S(=O)(=O)c3ccc(Br)cc3)C2)CC1. The van der Waals surface area contributed by atoms with Crippen LogP contribution in [0.5, 0.6) is 0 Å². The van der Waals surface area contributed by atoms with E-state index >= 15 is 0 Å². The summed E-state index contributed by atoms with van der Waals surface area (Å²) < 4.78 is 28.1. The fourth-order valence-corrected chi connectivity index (χ4v) is 5.70. The Morgan fingerprint density at radius 3 is 2.32 bits per heavy atom. The summed E-state index contributed by atoms with van der Waals surface area (Å²) in [5.74, 6) is -0.334. The van der Waals surface area contributed by atoms with Crippen molar-refractivity contribution in [2.45, 2.75) is 43.5 Å². The van der Waals surface area contributed by atoms with Gasteiger partial charge in [0.2, 0.25) is 21.8 Å². The van der Waals surface area contributed by atoms with Crippen LogP contribution in [0.1, 0.15) is 32.6 Å². The highest BCUT2D eigenvalue weighted by atomic mass is 79.9. The zero-order chi connectivity index (χ0) is 20.3. The first kappa shape index (κ1) is 21.3. The topological polar surface area (TPSA) is 86.8 Å². The summed E-state index contributed by atoms with van der Waals surface area (Å²) in [6.45, 7) is 3.36. The maximum Gasteiger partial charge on any atom is 0.243 e. The molecule has 2 aliphatic rings. The van der Waals surface area contributed by atoms with Crippen LogP contribution in [-0.4, -0.2) is 61.7 Å². The number of nitrogens with zero attached hydrogens (tertiary/aromatic N) is 2. The molecule has 0 saturated carbocycles. The molecule has 1 aromatic rings. The van der Waals surface area contributed by atoms with E-state index in [1.54, 1.807) is 24.3 Å². The summed E-state index contributed by atoms with van der Waals surface area (Å²) in [5.41, 5.74) is 0. The van der Waals surface area contributed by atoms with Crippen molar-refractivity contribution < 1.29 is 18.0 Å². The second kappa shape index (κ2) is 8.92. The van der Waals surface area contributed by atoms with Gasteiger partial charge in [-0.1, -0.05) is 15.9 Å². The van der Waals surface area contributed by atoms with Crippen LogP contribution in [0.25, 0.3) is 0 Å². The number of halogens is 1. The second-order valence-electron chi connectivity index (χ2n) is 7.46. The Labute approximate surface area is 174 Å². The number of rotatable bonds is 4. The van der Waals surface area contributed by atoms with Gasteiger partial charge >= 0.3 is 0 Å². The van der Waals surface area contributed by atoms with Gasteiger partial charge in [-0.25, -0.2) is 8.42 Å². The number of nitrogens with one attached hydrogen (secondary N) is 1. The number of hydrogen-bond acceptors (Lipinski definition) is 4. The molecule has 0 spiro atoms. The molecule has 0 radical (unpaired) electrons. The van der Waals surface area contributed by atoms with Crippen molar-refractivity contribution in [3.63, 3.8) is 0 Å². The minimum atomic E-state index is -3.60. The van der Waals surface area contributed by atoms with Crippen molar-refractivity contribution in [1.29, 1.82) is 0 Å². The summed E-state index contributed by atoms with van der Waals surface area (Å²) in [4.78, 5) is 26.2. The molecule has 2 heterocycles. The molecule has 7 nitrogen and oxygen atoms in total. The predicted octanol–water partition coefficient (Wildman–Crippen LogP) is 1.98. The van der Waals surface area contributed by atoms with Crippen molar-refractivity contribution in [2.75, 3.05) is 26.2 Å². The zero-order valence-corrected chi connectivity index (χ0v) is 18.3. The second-order valence-corrected chi connectivity index (χ2v) is 10.3. The van der Waals surface area contributed by atoms with E-state index < -0.39 is 10.0 Å². The molecule has 1 unspecified atom stereocenters. The Balaban J connectivity index is 1.62. The van der Waals surface area contributed by atoms with Crippen LogP contribution in [-0.2, 0) is 19.6 Å². The molecular formula is C19H26BrN3O4S. The van der Waals surface area contributed by atoms with Crippen LogP contribution in [0.3, 0.4) is 0 Å². The lowest BCUT2D eigenvalue weighted by atomic mass is 9.96. The van der Waals surface area contributed by atoms with E-state index in [2.05, 4.69) is 21.2 Å². The van der Waals surface area contributed by atoms with Crippen molar-refractivity contribution in [3.8, 4) is 0 Å². The number of likely N-dealkylation sites (tertiary alicyclic amines) is 1. The van der Waals surface area contributed by atoms with E-state index in [0.29, 0.717) is 32.5 Å². The summed E-state index contributed by atoms with van der Waals surface area (Å²) in [7, 11) is -3.60. The molecule has 154 valence electrons. The molecule has 0 aromatic heterocycles. The Morgan fingerprint density at radius 2 is 1.71 bits per heavy atom. The van der Waals surface area contributed by atoms with Gasteiger partial charge in [0.25, 0.3) is 0 Å². The third-order valence-electron chi connectivity index (χ3n) is 5.40. The first-order valence-corrected chi connectivity index (χ1v) is 11.8. The van der Waals surface area contributed by atoms with Crippen LogP contribution in [0.2, 0.25) is 0 Å². The predicted molar refractivity (Wildman–Crippen MR) is 109 cm³/mol. The van der Waals surface area contributed by atoms with Gasteiger partial charge in [0.05, 0.1) is 10.8 Å². The standard InChI is InChI=1S/C19H26BrN3O4S/c1-14(24)21-17-8-11-22(12-9-17)19(25)15-3-2-10-23(13-15)28(26,27)18-6-4-16(20)5-7-18/h4-7,15,17H,2-3,8-13H2,1H3,(H,21,24). The zero-order valence-electron chi connectivity index (χ0n) is 15.9. The third kappa shape index (κ3) is 4.93. The number of benzene rings is 1. The van der Waals surface area contributed by atoms with Crippen molar-refractivity contribution in [2.24, 2.45) is 5.92 Å². The average molecular weight is 472 g/mol. The maximum atomic E-state index is 12.9. The Hall–Kier alpha value is -1.45. The molecule has 1 N–H and O–H groups in total. The minimum Gasteiger partial charge on any atom is -0.353 e. The molecule has 1 atom stereocenters. The lowest BCUT2D eigenvalue weighted by Crippen LogP contribution is -2.51. The van der Waals surface area contributed by atoms with E-state index in [9.17, 15) is 18.0 Å². The molecule has 2 amide bonds. The molecule has 1 aromatic carbocycles. The van der Waals surface area contributed by atoms with Gasteiger partial charge in [0.1, 0.15) is 0 Å². The summed E-state index contributed by atoms with van der Waals surface area (Å²) in [6, 6.07) is 6.69. The van der Waals surface area contributed by atoms with Crippen LogP contribution < -0.4 is 5.32 Å². The Bertz CT molecular complexity index is 820. The number of hydrogen-bond donors (Lipinski definition) is 1. The van der Waals surface area contributed by atoms with E-state index in [0.717, 1.165) is 17.3 Å². The smallest absolute Gasteiger partial charge is 0.243 e. The molecule has 0 aliphatic carbocycles. The van der Waals surface area contributed by atoms with Crippen LogP contribution in [0, 0.1) is 5.92 Å². The number of carbonyl (C=O) groups is 2. The largest absolute Gasteiger partial charge is 0.353 e. The molecule has 2 aliphatic heterocycles. The number of amides is 2. The van der Waals surface area contributed by atoms with E-state index in [4.69, 9.17) is 0 Å². The first-order valence-electron chi connectivity index (χ1n) is 9.59. The molecular weight excluding hydrogens is 446 g/mol. The quantitative estimate of drug-likeness (QED) is 0.726. The van der Waals surface area contributed by atoms with E-state index in [-0.39, 0.29) is 35.2 Å². The van der Waals surface area contributed by atoms with Crippen LogP contribution in [0.15, 0.2) is 33.6 Å². The third-order valence-corrected chi connectivity index (χ3v) is 7.81. The summed E-state index contributed by atoms with van der Waals surface area (Å²) in [6.07, 6.45) is 2.85. The molecule has 3 rings (SSSR count). The summed E-state index contributed by atoms with van der Waals surface area (Å²) >= 11 is 3.32. The van der Waals surface area contributed by atoms with E-state index in [1.807, 2.05) is 4.90 Å². The van der Waals surface area contributed by atoms with Gasteiger partial charge in [-0.15, -0.1) is 0 Å². The Morgan fingerprint density at radius 1 is 1.07 bits per heavy atom. The highest BCUT2D eigenvalue weighted by molar-refractivity contribution is 9.10. The number of sulfonamides is 1. The number of piperidine rings is 2. The highest BCUT2D eigenvalue weighted by Crippen LogP contribution is 2.26. The lowest BCUT2D eigenvalue weighted by molar-refractivity contribution is -0.137. The molecule has 2 saturated heterocycles. The minimum absolute atomic E-state index is 0.0250. The monoisotopic (exact) mass is 471 g/mol. The van der Waals surface area contributed by atoms with Crippen molar-refractivity contribution in [3.05, 3.63) is 28.7 Å². The van der Waals surface area contributed by atoms with Crippen molar-refractivity contribution in [1.82, 2.24) is 14.5 Å². The lowest BCUT2D eigenvalue weighted by Gasteiger charge is -2.37. The van der Waals surface area contributed by atoms with Gasteiger partial charge in [-0.3, -0.25) is 9.59 Å². The molecule has 9 heteroatoms. The van der Waals surface area contributed by atoms with Gasteiger partial charge in [0.15, 0.2) is 0 Å². The Kier molecular flexibility index (Phi) is 6.77. The van der Waals surface area contributed by atoms with Gasteiger partial charge in [-0.05, 0) is 49.9 Å².